The van der Waals surface area contributed by atoms with Gasteiger partial charge in [0.15, 0.2) is 0 Å². The number of rotatable bonds is 8. The van der Waals surface area contributed by atoms with Crippen LogP contribution in [0, 0.1) is 30.0 Å². The second-order valence-electron chi connectivity index (χ2n) is 7.61. The van der Waals surface area contributed by atoms with E-state index in [4.69, 9.17) is 9.47 Å². The van der Waals surface area contributed by atoms with Gasteiger partial charge in [0.1, 0.15) is 22.9 Å². The molecule has 0 N–H and O–H groups in total. The molecule has 0 aliphatic carbocycles. The van der Waals surface area contributed by atoms with E-state index < -0.39 is 16.0 Å². The van der Waals surface area contributed by atoms with Crippen LogP contribution in [0.15, 0.2) is 95.3 Å². The van der Waals surface area contributed by atoms with Crippen LogP contribution in [0.3, 0.4) is 0 Å². The number of ether oxygens (including phenoxy) is 2. The van der Waals surface area contributed by atoms with Crippen molar-refractivity contribution < 1.29 is 24.1 Å². The van der Waals surface area contributed by atoms with Gasteiger partial charge in [0.2, 0.25) is 0 Å². The molecule has 0 atom stereocenters. The summed E-state index contributed by atoms with van der Waals surface area (Å²) in [5.74, 6) is -0.0568. The second kappa shape index (κ2) is 10.8. The van der Waals surface area contributed by atoms with Crippen molar-refractivity contribution in [2.45, 2.75) is 0 Å². The maximum atomic E-state index is 12.8. The number of nitro benzene ring substituents is 2. The lowest BCUT2D eigenvalue weighted by atomic mass is 10.0. The Balaban J connectivity index is 1.65. The fourth-order valence-electron chi connectivity index (χ4n) is 3.50. The minimum atomic E-state index is -1.19. The summed E-state index contributed by atoms with van der Waals surface area (Å²) < 4.78 is 10.7. The van der Waals surface area contributed by atoms with E-state index in [0.717, 1.165) is 0 Å². The smallest absolute Gasteiger partial charge is 0.394 e. The minimum Gasteiger partial charge on any atom is -0.394 e. The van der Waals surface area contributed by atoms with Gasteiger partial charge in [0, 0.05) is 35.4 Å². The highest BCUT2D eigenvalue weighted by molar-refractivity contribution is 5.81. The monoisotopic (exact) mass is 514 g/mol. The van der Waals surface area contributed by atoms with Gasteiger partial charge in [-0.05, 0) is 82.1 Å². The first-order valence-electron chi connectivity index (χ1n) is 10.6. The first-order valence-corrected chi connectivity index (χ1v) is 10.6. The predicted molar refractivity (Wildman–Crippen MR) is 135 cm³/mol. The number of carbonyl (C=O) groups is 1. The molecular weight excluding hydrogens is 500 g/mol. The SMILES string of the molecule is O=Nc1ccc(OC(=O)Oc2ccc(N=O)cc2-c2ccc([N+](=O)[O-])cc2)c(-c2ccc([N+](=O)[O-])cc2)c1. The molecular formula is C25H14N4O9. The van der Waals surface area contributed by atoms with Crippen molar-refractivity contribution in [1.29, 1.82) is 0 Å². The molecule has 0 saturated heterocycles. The molecule has 188 valence electrons. The van der Waals surface area contributed by atoms with Crippen LogP contribution < -0.4 is 9.47 Å². The zero-order chi connectivity index (χ0) is 27.2. The van der Waals surface area contributed by atoms with E-state index in [1.807, 2.05) is 0 Å². The van der Waals surface area contributed by atoms with E-state index in [0.29, 0.717) is 11.1 Å². The molecule has 4 aromatic rings. The molecule has 0 unspecified atom stereocenters. The first kappa shape index (κ1) is 25.2. The van der Waals surface area contributed by atoms with E-state index >= 15 is 0 Å². The normalized spacial score (nSPS) is 10.3. The molecule has 0 heterocycles. The van der Waals surface area contributed by atoms with Gasteiger partial charge in [-0.25, -0.2) is 4.79 Å². The van der Waals surface area contributed by atoms with Gasteiger partial charge < -0.3 is 9.47 Å². The van der Waals surface area contributed by atoms with Gasteiger partial charge in [-0.15, -0.1) is 9.81 Å². The van der Waals surface area contributed by atoms with Crippen LogP contribution in [-0.2, 0) is 0 Å². The lowest BCUT2D eigenvalue weighted by Crippen LogP contribution is -2.14. The number of carbonyl (C=O) groups excluding carboxylic acids is 1. The van der Waals surface area contributed by atoms with Gasteiger partial charge in [-0.1, -0.05) is 0 Å². The largest absolute Gasteiger partial charge is 0.519 e. The highest BCUT2D eigenvalue weighted by atomic mass is 16.7. The third-order valence-electron chi connectivity index (χ3n) is 5.30. The van der Waals surface area contributed by atoms with Crippen molar-refractivity contribution in [1.82, 2.24) is 0 Å². The predicted octanol–water partition coefficient (Wildman–Crippen LogP) is 7.21. The van der Waals surface area contributed by atoms with Crippen LogP contribution >= 0.6 is 0 Å². The Morgan fingerprint density at radius 1 is 0.605 bits per heavy atom. The van der Waals surface area contributed by atoms with Crippen molar-refractivity contribution in [2.75, 3.05) is 0 Å². The molecule has 0 bridgehead atoms. The summed E-state index contributed by atoms with van der Waals surface area (Å²) in [6.45, 7) is 0. The topological polar surface area (TPSA) is 181 Å². The standard InChI is InChI=1S/C25H14N4O9/c30-25(37-23-11-5-17(26-31)13-21(23)15-1-7-19(8-2-15)28(33)34)38-24-12-6-18(27-32)14-22(24)16-3-9-20(10-4-16)29(35)36/h1-14H. The highest BCUT2D eigenvalue weighted by Gasteiger charge is 2.18. The van der Waals surface area contributed by atoms with Crippen LogP contribution in [0.4, 0.5) is 27.5 Å². The Hall–Kier alpha value is -5.85. The van der Waals surface area contributed by atoms with Crippen molar-refractivity contribution in [3.05, 3.63) is 115 Å². The fourth-order valence-corrected chi connectivity index (χ4v) is 3.50. The van der Waals surface area contributed by atoms with Gasteiger partial charge in [-0.3, -0.25) is 20.2 Å². The third-order valence-corrected chi connectivity index (χ3v) is 5.30. The van der Waals surface area contributed by atoms with Crippen molar-refractivity contribution in [2.24, 2.45) is 10.4 Å². The zero-order valence-corrected chi connectivity index (χ0v) is 19.0. The molecule has 4 rings (SSSR count). The Morgan fingerprint density at radius 2 is 0.974 bits per heavy atom. The molecule has 4 aromatic carbocycles. The maximum Gasteiger partial charge on any atom is 0.519 e. The highest BCUT2D eigenvalue weighted by Crippen LogP contribution is 2.37. The van der Waals surface area contributed by atoms with Crippen LogP contribution in [0.1, 0.15) is 0 Å². The average Bonchev–Trinajstić information content (AvgIpc) is 2.93. The number of nitrogens with zero attached hydrogens (tertiary/aromatic N) is 4. The van der Waals surface area contributed by atoms with Crippen molar-refractivity contribution in [3.8, 4) is 33.8 Å². The number of non-ortho nitro benzene ring substituents is 2. The van der Waals surface area contributed by atoms with Crippen LogP contribution in [0.2, 0.25) is 0 Å². The Morgan fingerprint density at radius 3 is 1.29 bits per heavy atom. The molecule has 13 nitrogen and oxygen atoms in total. The molecule has 0 amide bonds. The van der Waals surface area contributed by atoms with E-state index in [-0.39, 0.29) is 45.4 Å². The molecule has 0 spiro atoms. The fraction of sp³-hybridized carbons (Fsp3) is 0. The quantitative estimate of drug-likeness (QED) is 0.0771. The number of nitroso groups, excluding NO2 is 2. The van der Waals surface area contributed by atoms with Crippen LogP contribution in [-0.4, -0.2) is 16.0 Å². The lowest BCUT2D eigenvalue weighted by Gasteiger charge is -2.13. The van der Waals surface area contributed by atoms with Gasteiger partial charge in [0.05, 0.1) is 9.85 Å². The van der Waals surface area contributed by atoms with Gasteiger partial charge in [0.25, 0.3) is 11.4 Å². The summed E-state index contributed by atoms with van der Waals surface area (Å²) in [6.07, 6.45) is -1.19. The van der Waals surface area contributed by atoms with E-state index in [9.17, 15) is 34.8 Å². The summed E-state index contributed by atoms with van der Waals surface area (Å²) in [5, 5.41) is 27.6. The van der Waals surface area contributed by atoms with E-state index in [1.54, 1.807) is 0 Å². The van der Waals surface area contributed by atoms with Gasteiger partial charge in [-0.2, -0.15) is 0 Å². The molecule has 0 saturated carbocycles. The van der Waals surface area contributed by atoms with Crippen LogP contribution in [0.5, 0.6) is 11.5 Å². The molecule has 13 heteroatoms. The number of hydrogen-bond donors (Lipinski definition) is 0. The summed E-state index contributed by atoms with van der Waals surface area (Å²) >= 11 is 0. The summed E-state index contributed by atoms with van der Waals surface area (Å²) in [4.78, 5) is 55.6. The zero-order valence-electron chi connectivity index (χ0n) is 19.0. The second-order valence-corrected chi connectivity index (χ2v) is 7.61. The minimum absolute atomic E-state index is 0.0245. The van der Waals surface area contributed by atoms with Crippen molar-refractivity contribution >= 4 is 28.9 Å². The molecule has 0 radical (unpaired) electrons. The van der Waals surface area contributed by atoms with Crippen molar-refractivity contribution in [3.63, 3.8) is 0 Å². The van der Waals surface area contributed by atoms with Gasteiger partial charge >= 0.3 is 6.16 Å². The Bertz CT molecular complexity index is 1450. The van der Waals surface area contributed by atoms with E-state index in [2.05, 4.69) is 10.4 Å². The summed E-state index contributed by atoms with van der Waals surface area (Å²) in [5.41, 5.74) is 1.01. The summed E-state index contributed by atoms with van der Waals surface area (Å²) in [7, 11) is 0. The first-order chi connectivity index (χ1) is 18.3. The molecule has 0 fully saturated rings. The summed E-state index contributed by atoms with van der Waals surface area (Å²) in [6, 6.07) is 18.6. The average molecular weight is 514 g/mol. The molecule has 0 aromatic heterocycles. The Labute approximate surface area is 212 Å². The molecule has 0 aliphatic rings. The molecule has 38 heavy (non-hydrogen) atoms. The Kier molecular flexibility index (Phi) is 7.19. The van der Waals surface area contributed by atoms with Crippen LogP contribution in [0.25, 0.3) is 22.3 Å². The molecule has 0 aliphatic heterocycles. The maximum absolute atomic E-state index is 12.8. The lowest BCUT2D eigenvalue weighted by molar-refractivity contribution is -0.385. The number of nitro groups is 2. The number of hydrogen-bond acceptors (Lipinski definition) is 11. The van der Waals surface area contributed by atoms with E-state index in [1.165, 1.54) is 84.9 Å². The third kappa shape index (κ3) is 5.52. The number of benzene rings is 4.